The Morgan fingerprint density at radius 1 is 0.529 bits per heavy atom. The Labute approximate surface area is 501 Å². The number of nitrogens with one attached hydrogen (secondary N) is 12. The molecule has 0 unspecified atom stereocenters. The number of hydrogen-bond donors (Lipinski definition) is 17. The van der Waals surface area contributed by atoms with Crippen molar-refractivity contribution < 1.29 is 53.4 Å². The van der Waals surface area contributed by atoms with Crippen LogP contribution in [0.5, 0.6) is 5.75 Å². The van der Waals surface area contributed by atoms with E-state index in [9.17, 15) is 53.4 Å². The van der Waals surface area contributed by atoms with Crippen LogP contribution >= 0.6 is 0 Å². The Morgan fingerprint density at radius 2 is 1.03 bits per heavy atom. The third-order valence-corrected chi connectivity index (χ3v) is 14.2. The number of nitrogens with two attached hydrogens (primary N) is 3. The smallest absolute Gasteiger partial charge is 0.334 e. The number of aliphatic hydroxyl groups excluding tert-OH is 1. The van der Waals surface area contributed by atoms with Crippen LogP contribution in [0.3, 0.4) is 0 Å². The summed E-state index contributed by atoms with van der Waals surface area (Å²) in [5, 5.41) is 42.7. The van der Waals surface area contributed by atoms with Crippen LogP contribution in [0.1, 0.15) is 62.3 Å². The van der Waals surface area contributed by atoms with E-state index in [-0.39, 0.29) is 69.1 Å². The first-order valence-electron chi connectivity index (χ1n) is 28.3. The average Bonchev–Trinajstić information content (AvgIpc) is 2.20. The first-order chi connectivity index (χ1) is 41.6. The van der Waals surface area contributed by atoms with E-state index in [1.807, 2.05) is 48.5 Å². The fourth-order valence-electron chi connectivity index (χ4n) is 9.45. The first kappa shape index (κ1) is 66.1. The minimum absolute atomic E-state index is 0.0275. The number of rotatable bonds is 30. The van der Waals surface area contributed by atoms with Gasteiger partial charge in [-0.15, -0.1) is 0 Å². The van der Waals surface area contributed by atoms with Crippen molar-refractivity contribution in [2.75, 3.05) is 20.2 Å². The Balaban J connectivity index is 1.09. The van der Waals surface area contributed by atoms with E-state index < -0.39 is 108 Å². The topological polar surface area (TPSA) is 436 Å². The number of urea groups is 1. The van der Waals surface area contributed by atoms with Gasteiger partial charge in [0, 0.05) is 67.1 Å². The van der Waals surface area contributed by atoms with Crippen LogP contribution in [0.25, 0.3) is 21.8 Å². The maximum absolute atomic E-state index is 14.1. The number of hydrogen-bond acceptors (Lipinski definition) is 13. The van der Waals surface area contributed by atoms with Crippen LogP contribution in [0.2, 0.25) is 0 Å². The summed E-state index contributed by atoms with van der Waals surface area (Å²) in [4.78, 5) is 134. The van der Waals surface area contributed by atoms with Crippen LogP contribution in [0.15, 0.2) is 121 Å². The highest BCUT2D eigenvalue weighted by Crippen LogP contribution is 2.21. The molecule has 27 nitrogen and oxygen atoms in total. The van der Waals surface area contributed by atoms with E-state index in [2.05, 4.69) is 68.3 Å². The fraction of sp³-hybridized carbons (Fsp3) is 0.367. The molecule has 27 heteroatoms. The number of aromatic nitrogens is 2. The monoisotopic (exact) mass is 1200 g/mol. The van der Waals surface area contributed by atoms with Crippen molar-refractivity contribution in [1.82, 2.24) is 63.4 Å². The van der Waals surface area contributed by atoms with E-state index in [1.54, 1.807) is 68.7 Å². The summed E-state index contributed by atoms with van der Waals surface area (Å²) in [5.74, 6) is -6.70. The molecule has 0 aliphatic carbocycles. The van der Waals surface area contributed by atoms with Crippen LogP contribution in [0.4, 0.5) is 4.79 Å². The van der Waals surface area contributed by atoms with Gasteiger partial charge >= 0.3 is 6.03 Å². The van der Waals surface area contributed by atoms with E-state index in [1.165, 1.54) is 26.1 Å². The molecule has 0 spiro atoms. The fourth-order valence-corrected chi connectivity index (χ4v) is 9.45. The molecule has 464 valence electrons. The second-order valence-corrected chi connectivity index (χ2v) is 21.4. The van der Waals surface area contributed by atoms with Crippen molar-refractivity contribution in [3.8, 4) is 5.75 Å². The standard InChI is InChI=1S/C60H78N16O11/c1-33(2)25-47(56(84)69-45(19-12-24-65-59(63)64-4)54(82)70-46(51(62)79)28-37-30-66-43-17-10-8-15-40(37)43)74-60(87)76-75-58(86)48(27-35-13-6-5-7-14-35)72-57(85)50(32-77)73-52(80)34(3)68-55(83)49(29-38-31-67-44-18-11-9-16-41(38)44)71-53(81)42(61)26-36-20-22-39(78)23-21-36/h5-11,13-18,20-23,30-31,33-34,42,45-50,66-67,77-78H,12,19,24-29,32,61H2,1-4H3,(H2,62,79)(H,68,83)(H,69,84)(H,70,82)(H,71,81)(H,72,85)(H,73,80)(H,75,86)(H3,63,64,65)(H2,74,76,87)/t34-,42+,45-,46-,47-,48-,49+,50-/m0/s1. The molecule has 0 fully saturated rings. The largest absolute Gasteiger partial charge is 0.508 e. The number of H-pyrrole nitrogens is 2. The van der Waals surface area contributed by atoms with Gasteiger partial charge in [0.2, 0.25) is 41.4 Å². The summed E-state index contributed by atoms with van der Waals surface area (Å²) in [6, 6.07) is 17.7. The van der Waals surface area contributed by atoms with Gasteiger partial charge in [-0.25, -0.2) is 10.2 Å². The van der Waals surface area contributed by atoms with Gasteiger partial charge in [-0.1, -0.05) is 92.7 Å². The lowest BCUT2D eigenvalue weighted by molar-refractivity contribution is -0.135. The molecular weight excluding hydrogens is 1120 g/mol. The SMILES string of the molecule is CN=C(N)NCCC[C@H](NC(=O)[C@H](CC(C)C)NC(=O)NNC(=O)[C@H](Cc1ccccc1)NC(=O)[C@H](CO)NC(=O)[C@H](C)NC(=O)[C@@H](Cc1c[nH]c2ccccc12)NC(=O)[C@H](N)Cc1ccc(O)cc1)C(=O)N[C@@H](Cc1c[nH]c2ccccc12)C(N)=O. The number of para-hydroxylation sites is 2. The normalized spacial score (nSPS) is 14.2. The third kappa shape index (κ3) is 20.1. The lowest BCUT2D eigenvalue weighted by Crippen LogP contribution is -2.61. The molecule has 0 bridgehead atoms. The summed E-state index contributed by atoms with van der Waals surface area (Å²) >= 11 is 0. The van der Waals surface area contributed by atoms with Gasteiger partial charge in [0.15, 0.2) is 5.96 Å². The van der Waals surface area contributed by atoms with E-state index in [0.717, 1.165) is 27.4 Å². The Morgan fingerprint density at radius 3 is 1.63 bits per heavy atom. The number of phenolic OH excluding ortho intramolecular Hbond substituents is 1. The zero-order valence-electron chi connectivity index (χ0n) is 48.8. The molecule has 20 N–H and O–H groups in total. The van der Waals surface area contributed by atoms with Gasteiger partial charge in [-0.3, -0.25) is 48.8 Å². The Hall–Kier alpha value is -10.0. The number of aromatic hydroxyl groups is 1. The summed E-state index contributed by atoms with van der Waals surface area (Å²) in [6.07, 6.45) is 3.72. The maximum atomic E-state index is 14.1. The van der Waals surface area contributed by atoms with Gasteiger partial charge in [-0.05, 0) is 85.0 Å². The molecule has 6 aromatic rings. The van der Waals surface area contributed by atoms with Gasteiger partial charge in [-0.2, -0.15) is 0 Å². The van der Waals surface area contributed by atoms with E-state index in [4.69, 9.17) is 17.2 Å². The van der Waals surface area contributed by atoms with Gasteiger partial charge in [0.25, 0.3) is 5.91 Å². The number of primary amides is 1. The number of amides is 10. The van der Waals surface area contributed by atoms with Crippen LogP contribution in [-0.2, 0) is 64.0 Å². The highest BCUT2D eigenvalue weighted by Gasteiger charge is 2.33. The summed E-state index contributed by atoms with van der Waals surface area (Å²) in [7, 11) is 1.49. The van der Waals surface area contributed by atoms with Crippen molar-refractivity contribution in [2.45, 2.75) is 114 Å². The molecule has 4 aromatic carbocycles. The van der Waals surface area contributed by atoms with Crippen LogP contribution in [0, 0.1) is 5.92 Å². The van der Waals surface area contributed by atoms with Gasteiger partial charge in [0.05, 0.1) is 12.6 Å². The van der Waals surface area contributed by atoms with Crippen molar-refractivity contribution in [3.05, 3.63) is 138 Å². The number of aliphatic hydroxyl groups is 1. The summed E-state index contributed by atoms with van der Waals surface area (Å²) in [6.45, 7) is 4.20. The number of aromatic amines is 2. The molecule has 2 heterocycles. The Kier molecular flexibility index (Phi) is 24.6. The quantitative estimate of drug-likeness (QED) is 0.0116. The summed E-state index contributed by atoms with van der Waals surface area (Å²) < 4.78 is 0. The number of guanidine groups is 1. The average molecular weight is 1200 g/mol. The number of fused-ring (bicyclic) bond motifs is 2. The minimum Gasteiger partial charge on any atom is -0.508 e. The number of nitrogens with zero attached hydrogens (tertiary/aromatic N) is 1. The van der Waals surface area contributed by atoms with Crippen molar-refractivity contribution >= 4 is 81.1 Å². The van der Waals surface area contributed by atoms with Crippen molar-refractivity contribution in [2.24, 2.45) is 28.1 Å². The molecule has 0 saturated heterocycles. The summed E-state index contributed by atoms with van der Waals surface area (Å²) in [5.41, 5.74) is 26.5. The van der Waals surface area contributed by atoms with Gasteiger partial charge < -0.3 is 79.9 Å². The third-order valence-electron chi connectivity index (χ3n) is 14.2. The molecule has 6 rings (SSSR count). The Bertz CT molecular complexity index is 3370. The molecule has 0 aliphatic rings. The second kappa shape index (κ2) is 32.3. The zero-order valence-corrected chi connectivity index (χ0v) is 48.8. The van der Waals surface area contributed by atoms with Crippen molar-refractivity contribution in [3.63, 3.8) is 0 Å². The number of phenols is 1. The predicted octanol–water partition coefficient (Wildman–Crippen LogP) is -0.582. The molecule has 0 aliphatic heterocycles. The number of carbonyl (C=O) groups excluding carboxylic acids is 9. The highest BCUT2D eigenvalue weighted by atomic mass is 16.3. The van der Waals surface area contributed by atoms with Crippen LogP contribution < -0.4 is 70.6 Å². The minimum atomic E-state index is -1.68. The molecule has 10 amide bonds. The maximum Gasteiger partial charge on any atom is 0.334 e. The lowest BCUT2D eigenvalue weighted by Gasteiger charge is -2.26. The predicted molar refractivity (Wildman–Crippen MR) is 325 cm³/mol. The van der Waals surface area contributed by atoms with E-state index in [0.29, 0.717) is 16.7 Å². The second-order valence-electron chi connectivity index (χ2n) is 21.4. The number of benzene rings is 4. The molecule has 87 heavy (non-hydrogen) atoms. The lowest BCUT2D eigenvalue weighted by atomic mass is 10.0. The number of carbonyl (C=O) groups is 9. The van der Waals surface area contributed by atoms with E-state index >= 15 is 0 Å². The number of hydrazine groups is 1. The molecular formula is C60H78N16O11. The molecule has 0 radical (unpaired) electrons. The first-order valence-corrected chi connectivity index (χ1v) is 28.3. The van der Waals surface area contributed by atoms with Gasteiger partial charge in [0.1, 0.15) is 48.0 Å². The van der Waals surface area contributed by atoms with Crippen LogP contribution in [-0.4, -0.2) is 148 Å². The molecule has 2 aromatic heterocycles. The molecule has 0 saturated carbocycles. The number of aliphatic imine (C=N–C) groups is 1. The molecule has 8 atom stereocenters. The highest BCUT2D eigenvalue weighted by molar-refractivity contribution is 5.98. The zero-order chi connectivity index (χ0) is 63.2. The van der Waals surface area contributed by atoms with Crippen molar-refractivity contribution in [1.29, 1.82) is 0 Å².